The first-order chi connectivity index (χ1) is 9.01. The van der Waals surface area contributed by atoms with Gasteiger partial charge in [0.05, 0.1) is 12.1 Å². The Hall–Kier alpha value is -1.69. The number of benzene rings is 1. The number of aromatic nitrogens is 1. The zero-order valence-corrected chi connectivity index (χ0v) is 10.4. The predicted octanol–water partition coefficient (Wildman–Crippen LogP) is 3.58. The monoisotopic (exact) mass is 273 g/mol. The molecule has 0 spiro atoms. The zero-order valence-electron chi connectivity index (χ0n) is 10.4. The van der Waals surface area contributed by atoms with E-state index in [1.54, 1.807) is 22.9 Å². The van der Waals surface area contributed by atoms with E-state index in [-0.39, 0.29) is 6.73 Å². The molecule has 1 heterocycles. The quantitative estimate of drug-likeness (QED) is 0.831. The van der Waals surface area contributed by atoms with Crippen LogP contribution < -0.4 is 4.74 Å². The summed E-state index contributed by atoms with van der Waals surface area (Å²) in [6.45, 7) is 1.02. The van der Waals surface area contributed by atoms with Gasteiger partial charge in [-0.2, -0.15) is 13.2 Å². The SMILES string of the molecule is CCOc1cccc2c1ccn2COCC(F)(F)F. The van der Waals surface area contributed by atoms with Gasteiger partial charge in [0.2, 0.25) is 0 Å². The molecule has 19 heavy (non-hydrogen) atoms. The summed E-state index contributed by atoms with van der Waals surface area (Å²) in [4.78, 5) is 0. The van der Waals surface area contributed by atoms with Gasteiger partial charge in [-0.25, -0.2) is 0 Å². The molecule has 0 saturated carbocycles. The van der Waals surface area contributed by atoms with Crippen LogP contribution in [0, 0.1) is 0 Å². The predicted molar refractivity (Wildman–Crippen MR) is 65.1 cm³/mol. The summed E-state index contributed by atoms with van der Waals surface area (Å²) in [6.07, 6.45) is -2.62. The zero-order chi connectivity index (χ0) is 13.9. The van der Waals surface area contributed by atoms with Crippen molar-refractivity contribution in [2.45, 2.75) is 19.8 Å². The normalized spacial score (nSPS) is 12.0. The van der Waals surface area contributed by atoms with Crippen LogP contribution in [0.1, 0.15) is 6.92 Å². The van der Waals surface area contributed by atoms with Crippen LogP contribution in [-0.2, 0) is 11.5 Å². The molecule has 0 aliphatic carbocycles. The molecule has 0 saturated heterocycles. The second-order valence-corrected chi connectivity index (χ2v) is 4.00. The number of fused-ring (bicyclic) bond motifs is 1. The molecule has 1 aromatic heterocycles. The Balaban J connectivity index is 2.14. The van der Waals surface area contributed by atoms with Crippen molar-refractivity contribution >= 4 is 10.9 Å². The van der Waals surface area contributed by atoms with Gasteiger partial charge < -0.3 is 14.0 Å². The van der Waals surface area contributed by atoms with E-state index in [1.807, 2.05) is 19.1 Å². The highest BCUT2D eigenvalue weighted by Crippen LogP contribution is 2.26. The van der Waals surface area contributed by atoms with Crippen molar-refractivity contribution < 1.29 is 22.6 Å². The van der Waals surface area contributed by atoms with Gasteiger partial charge in [-0.05, 0) is 25.1 Å². The van der Waals surface area contributed by atoms with Crippen molar-refractivity contribution in [1.82, 2.24) is 4.57 Å². The van der Waals surface area contributed by atoms with Gasteiger partial charge in [0.15, 0.2) is 0 Å². The Morgan fingerprint density at radius 3 is 2.68 bits per heavy atom. The van der Waals surface area contributed by atoms with Crippen LogP contribution in [-0.4, -0.2) is 24.0 Å². The number of alkyl halides is 3. The van der Waals surface area contributed by atoms with Gasteiger partial charge >= 0.3 is 6.18 Å². The highest BCUT2D eigenvalue weighted by Gasteiger charge is 2.27. The second kappa shape index (κ2) is 5.52. The van der Waals surface area contributed by atoms with E-state index < -0.39 is 12.8 Å². The van der Waals surface area contributed by atoms with Crippen LogP contribution in [0.25, 0.3) is 10.9 Å². The van der Waals surface area contributed by atoms with E-state index in [9.17, 15) is 13.2 Å². The van der Waals surface area contributed by atoms with Gasteiger partial charge in [0.25, 0.3) is 0 Å². The van der Waals surface area contributed by atoms with Crippen LogP contribution >= 0.6 is 0 Å². The molecule has 0 bridgehead atoms. The summed E-state index contributed by atoms with van der Waals surface area (Å²) in [5.74, 6) is 0.717. The molecule has 0 aliphatic rings. The first-order valence-electron chi connectivity index (χ1n) is 5.86. The maximum absolute atomic E-state index is 12.0. The fourth-order valence-electron chi connectivity index (χ4n) is 1.85. The third-order valence-electron chi connectivity index (χ3n) is 2.57. The maximum atomic E-state index is 12.0. The lowest BCUT2D eigenvalue weighted by molar-refractivity contribution is -0.181. The first kappa shape index (κ1) is 13.7. The van der Waals surface area contributed by atoms with E-state index in [1.165, 1.54) is 0 Å². The van der Waals surface area contributed by atoms with E-state index in [0.717, 1.165) is 16.7 Å². The molecular weight excluding hydrogens is 259 g/mol. The largest absolute Gasteiger partial charge is 0.493 e. The summed E-state index contributed by atoms with van der Waals surface area (Å²) in [5, 5.41) is 0.861. The van der Waals surface area contributed by atoms with E-state index >= 15 is 0 Å². The molecule has 0 aliphatic heterocycles. The smallest absolute Gasteiger partial charge is 0.411 e. The van der Waals surface area contributed by atoms with Gasteiger partial charge in [0.1, 0.15) is 19.1 Å². The summed E-state index contributed by atoms with van der Waals surface area (Å²) in [6, 6.07) is 7.24. The molecule has 0 atom stereocenters. The van der Waals surface area contributed by atoms with Crippen LogP contribution in [0.3, 0.4) is 0 Å². The molecule has 2 rings (SSSR count). The summed E-state index contributed by atoms with van der Waals surface area (Å²) in [7, 11) is 0. The summed E-state index contributed by atoms with van der Waals surface area (Å²) >= 11 is 0. The van der Waals surface area contributed by atoms with Crippen LogP contribution in [0.5, 0.6) is 5.75 Å². The number of nitrogens with zero attached hydrogens (tertiary/aromatic N) is 1. The van der Waals surface area contributed by atoms with E-state index in [2.05, 4.69) is 4.74 Å². The van der Waals surface area contributed by atoms with Crippen molar-refractivity contribution in [3.05, 3.63) is 30.5 Å². The highest BCUT2D eigenvalue weighted by atomic mass is 19.4. The minimum absolute atomic E-state index is 0.140. The molecule has 104 valence electrons. The van der Waals surface area contributed by atoms with Crippen molar-refractivity contribution in [2.75, 3.05) is 13.2 Å². The number of halogens is 3. The molecule has 6 heteroatoms. The lowest BCUT2D eigenvalue weighted by Crippen LogP contribution is -2.18. The van der Waals surface area contributed by atoms with Gasteiger partial charge in [0, 0.05) is 11.6 Å². The van der Waals surface area contributed by atoms with Crippen LogP contribution in [0.15, 0.2) is 30.5 Å². The number of hydrogen-bond donors (Lipinski definition) is 0. The van der Waals surface area contributed by atoms with Crippen LogP contribution in [0.2, 0.25) is 0 Å². The third-order valence-corrected chi connectivity index (χ3v) is 2.57. The van der Waals surface area contributed by atoms with Crippen molar-refractivity contribution in [1.29, 1.82) is 0 Å². The topological polar surface area (TPSA) is 23.4 Å². The Kier molecular flexibility index (Phi) is 3.99. The van der Waals surface area contributed by atoms with E-state index in [0.29, 0.717) is 6.61 Å². The van der Waals surface area contributed by atoms with Crippen LogP contribution in [0.4, 0.5) is 13.2 Å². The summed E-state index contributed by atoms with van der Waals surface area (Å²) in [5.41, 5.74) is 0.785. The molecule has 0 radical (unpaired) electrons. The lowest BCUT2D eigenvalue weighted by atomic mass is 10.2. The van der Waals surface area contributed by atoms with Gasteiger partial charge in [-0.15, -0.1) is 0 Å². The lowest BCUT2D eigenvalue weighted by Gasteiger charge is -2.10. The van der Waals surface area contributed by atoms with Crippen molar-refractivity contribution in [2.24, 2.45) is 0 Å². The van der Waals surface area contributed by atoms with Gasteiger partial charge in [-0.3, -0.25) is 0 Å². The molecule has 0 unspecified atom stereocenters. The average molecular weight is 273 g/mol. The average Bonchev–Trinajstić information content (AvgIpc) is 2.73. The fraction of sp³-hybridized carbons (Fsp3) is 0.385. The molecule has 0 amide bonds. The number of rotatable bonds is 5. The second-order valence-electron chi connectivity index (χ2n) is 4.00. The molecule has 3 nitrogen and oxygen atoms in total. The number of ether oxygens (including phenoxy) is 2. The third kappa shape index (κ3) is 3.41. The highest BCUT2D eigenvalue weighted by molar-refractivity contribution is 5.86. The standard InChI is InChI=1S/C13H14F3NO2/c1-2-19-12-5-3-4-11-10(12)6-7-17(11)9-18-8-13(14,15)16/h3-7H,2,8-9H2,1H3. The van der Waals surface area contributed by atoms with Gasteiger partial charge in [-0.1, -0.05) is 6.07 Å². The molecule has 0 fully saturated rings. The molecule has 0 N–H and O–H groups in total. The Morgan fingerprint density at radius 1 is 1.21 bits per heavy atom. The Morgan fingerprint density at radius 2 is 2.00 bits per heavy atom. The molecular formula is C13H14F3NO2. The Bertz CT molecular complexity index is 548. The minimum Gasteiger partial charge on any atom is -0.493 e. The molecule has 1 aromatic carbocycles. The van der Waals surface area contributed by atoms with Crippen molar-refractivity contribution in [3.63, 3.8) is 0 Å². The maximum Gasteiger partial charge on any atom is 0.411 e. The van der Waals surface area contributed by atoms with E-state index in [4.69, 9.17) is 4.74 Å². The Labute approximate surface area is 108 Å². The minimum atomic E-state index is -4.31. The fourth-order valence-corrected chi connectivity index (χ4v) is 1.85. The number of hydrogen-bond acceptors (Lipinski definition) is 2. The van der Waals surface area contributed by atoms with Crippen molar-refractivity contribution in [3.8, 4) is 5.75 Å². The summed E-state index contributed by atoms with van der Waals surface area (Å²) < 4.78 is 47.7. The first-order valence-corrected chi connectivity index (χ1v) is 5.86. The molecule has 2 aromatic rings.